The zero-order chi connectivity index (χ0) is 7.88. The molecule has 0 aliphatic heterocycles. The minimum atomic E-state index is 0.770. The summed E-state index contributed by atoms with van der Waals surface area (Å²) < 4.78 is 5.38. The lowest BCUT2D eigenvalue weighted by molar-refractivity contribution is -0.656. The zero-order valence-electron chi connectivity index (χ0n) is 7.58. The van der Waals surface area contributed by atoms with E-state index < -0.39 is 0 Å². The average Bonchev–Trinajstić information content (AvgIpc) is 2.11. The van der Waals surface area contributed by atoms with Crippen LogP contribution >= 0.6 is 0 Å². The van der Waals surface area contributed by atoms with Crippen LogP contribution in [0.3, 0.4) is 0 Å². The average molecular weight is 162 g/mol. The first-order valence-electron chi connectivity index (χ1n) is 5.28. The smallest absolute Gasteiger partial charge is 0.0527 e. The lowest BCUT2D eigenvalue weighted by Gasteiger charge is -3.11. The van der Waals surface area contributed by atoms with Crippen molar-refractivity contribution in [3.63, 3.8) is 0 Å². The molecular weight excluding hydrogens is 148 g/mol. The molecule has 0 radical (unpaired) electrons. The summed E-state index contributed by atoms with van der Waals surface area (Å²) in [6.07, 6.45) is 0. The van der Waals surface area contributed by atoms with E-state index in [0.29, 0.717) is 0 Å². The van der Waals surface area contributed by atoms with Gasteiger partial charge in [-0.2, -0.15) is 0 Å². The molecule has 1 heteroatoms. The monoisotopic (exact) mass is 162 g/mol. The Kier molecular flexibility index (Phi) is 0.500. The highest BCUT2D eigenvalue weighted by Gasteiger charge is 3.08. The van der Waals surface area contributed by atoms with Crippen LogP contribution in [-0.2, 0) is 4.74 Å². The van der Waals surface area contributed by atoms with Crippen molar-refractivity contribution in [1.29, 1.82) is 0 Å². The van der Waals surface area contributed by atoms with Gasteiger partial charge >= 0.3 is 0 Å². The molecule has 0 amide bonds. The quantitative estimate of drug-likeness (QED) is 0.596. The van der Waals surface area contributed by atoms with E-state index in [-0.39, 0.29) is 0 Å². The third kappa shape index (κ3) is 0.195. The molecule has 0 aromatic rings. The standard InChI is InChI=1S/C11H14O/c1-10-4-7-5(10)9-6(10)8(4)11(7,9)3-12-2/h4-9H,3H2,1-2H3. The normalized spacial score (nSPS) is 88.5. The van der Waals surface area contributed by atoms with Gasteiger partial charge in [0.2, 0.25) is 0 Å². The van der Waals surface area contributed by atoms with Gasteiger partial charge in [0.05, 0.1) is 6.61 Å². The topological polar surface area (TPSA) is 9.23 Å². The summed E-state index contributed by atoms with van der Waals surface area (Å²) in [7, 11) is 1.88. The van der Waals surface area contributed by atoms with Gasteiger partial charge in [-0.05, 0) is 40.9 Å². The van der Waals surface area contributed by atoms with E-state index in [0.717, 1.165) is 35.2 Å². The first-order chi connectivity index (χ1) is 5.79. The third-order valence-electron chi connectivity index (χ3n) is 6.73. The lowest BCUT2D eigenvalue weighted by atomic mass is 8.92. The second-order valence-corrected chi connectivity index (χ2v) is 6.07. The third-order valence-corrected chi connectivity index (χ3v) is 6.73. The van der Waals surface area contributed by atoms with E-state index in [9.17, 15) is 0 Å². The Morgan fingerprint density at radius 3 is 1.92 bits per heavy atom. The summed E-state index contributed by atoms with van der Waals surface area (Å²) in [5.74, 6) is 6.94. The summed E-state index contributed by atoms with van der Waals surface area (Å²) in [4.78, 5) is 0. The van der Waals surface area contributed by atoms with Crippen LogP contribution in [0.2, 0.25) is 0 Å². The summed E-state index contributed by atoms with van der Waals surface area (Å²) in [5.41, 5.74) is 1.65. The van der Waals surface area contributed by atoms with E-state index >= 15 is 0 Å². The highest BCUT2D eigenvalue weighted by Crippen LogP contribution is 3.10. The largest absolute Gasteiger partial charge is 0.384 e. The Hall–Kier alpha value is -0.0400. The minimum absolute atomic E-state index is 0.770. The number of rotatable bonds is 2. The van der Waals surface area contributed by atoms with Crippen LogP contribution in [0.15, 0.2) is 0 Å². The van der Waals surface area contributed by atoms with Gasteiger partial charge in [-0.25, -0.2) is 0 Å². The molecule has 6 rings (SSSR count). The first kappa shape index (κ1) is 5.64. The fourth-order valence-corrected chi connectivity index (χ4v) is 6.83. The number of hydrogen-bond acceptors (Lipinski definition) is 1. The molecule has 0 aromatic heterocycles. The molecule has 0 unspecified atom stereocenters. The van der Waals surface area contributed by atoms with Gasteiger partial charge < -0.3 is 4.74 Å². The first-order valence-corrected chi connectivity index (χ1v) is 5.28. The van der Waals surface area contributed by atoms with Gasteiger partial charge in [-0.1, -0.05) is 6.92 Å². The summed E-state index contributed by atoms with van der Waals surface area (Å²) in [6, 6.07) is 0. The molecule has 1 nitrogen and oxygen atoms in total. The molecule has 0 saturated heterocycles. The van der Waals surface area contributed by atoms with Crippen molar-refractivity contribution < 1.29 is 4.74 Å². The van der Waals surface area contributed by atoms with Gasteiger partial charge in [0, 0.05) is 12.5 Å². The highest BCUT2D eigenvalue weighted by atomic mass is 16.5. The minimum Gasteiger partial charge on any atom is -0.384 e. The van der Waals surface area contributed by atoms with Gasteiger partial charge in [0.1, 0.15) is 0 Å². The lowest BCUT2D eigenvalue weighted by Crippen LogP contribution is -3.09. The van der Waals surface area contributed by atoms with Crippen LogP contribution < -0.4 is 0 Å². The van der Waals surface area contributed by atoms with Crippen LogP contribution in [0.1, 0.15) is 6.92 Å². The second kappa shape index (κ2) is 1.06. The molecule has 6 aliphatic carbocycles. The van der Waals surface area contributed by atoms with Gasteiger partial charge in [-0.3, -0.25) is 0 Å². The predicted octanol–water partition coefficient (Wildman–Crippen LogP) is 1.39. The van der Waals surface area contributed by atoms with Crippen molar-refractivity contribution in [3.8, 4) is 0 Å². The summed E-state index contributed by atoms with van der Waals surface area (Å²) in [6.45, 7) is 3.64. The maximum absolute atomic E-state index is 5.38. The maximum atomic E-state index is 5.38. The Bertz CT molecular complexity index is 265. The van der Waals surface area contributed by atoms with Crippen LogP contribution in [0.4, 0.5) is 0 Å². The van der Waals surface area contributed by atoms with Crippen molar-refractivity contribution >= 4 is 0 Å². The van der Waals surface area contributed by atoms with Crippen molar-refractivity contribution in [3.05, 3.63) is 0 Å². The number of ether oxygens (including phenoxy) is 1. The molecule has 0 bridgehead atoms. The van der Waals surface area contributed by atoms with E-state index in [1.807, 2.05) is 7.11 Å². The molecule has 6 fully saturated rings. The molecule has 12 heavy (non-hydrogen) atoms. The molecule has 0 atom stereocenters. The molecule has 0 spiro atoms. The van der Waals surface area contributed by atoms with Crippen LogP contribution in [-0.4, -0.2) is 13.7 Å². The second-order valence-electron chi connectivity index (χ2n) is 6.07. The van der Waals surface area contributed by atoms with Crippen LogP contribution in [0.25, 0.3) is 0 Å². The molecule has 6 saturated carbocycles. The molecule has 0 N–H and O–H groups in total. The fraction of sp³-hybridized carbons (Fsp3) is 1.00. The van der Waals surface area contributed by atoms with E-state index in [2.05, 4.69) is 6.92 Å². The van der Waals surface area contributed by atoms with Gasteiger partial charge in [0.25, 0.3) is 0 Å². The molecule has 6 aliphatic rings. The molecule has 0 aromatic carbocycles. The van der Waals surface area contributed by atoms with Crippen molar-refractivity contribution in [2.45, 2.75) is 6.92 Å². The molecular formula is C11H14O. The van der Waals surface area contributed by atoms with Crippen molar-refractivity contribution in [2.75, 3.05) is 13.7 Å². The van der Waals surface area contributed by atoms with Crippen LogP contribution in [0, 0.1) is 46.3 Å². The Morgan fingerprint density at radius 2 is 1.50 bits per heavy atom. The summed E-state index contributed by atoms with van der Waals surface area (Å²) in [5, 5.41) is 0. The van der Waals surface area contributed by atoms with E-state index in [4.69, 9.17) is 4.74 Å². The van der Waals surface area contributed by atoms with Crippen LogP contribution in [0.5, 0.6) is 0 Å². The number of methoxy groups -OCH3 is 1. The Morgan fingerprint density at radius 1 is 1.00 bits per heavy atom. The van der Waals surface area contributed by atoms with E-state index in [1.54, 1.807) is 0 Å². The van der Waals surface area contributed by atoms with Gasteiger partial charge in [-0.15, -0.1) is 0 Å². The maximum Gasteiger partial charge on any atom is 0.0527 e. The van der Waals surface area contributed by atoms with Gasteiger partial charge in [0.15, 0.2) is 0 Å². The van der Waals surface area contributed by atoms with E-state index in [1.165, 1.54) is 17.8 Å². The zero-order valence-corrected chi connectivity index (χ0v) is 7.58. The highest BCUT2D eigenvalue weighted by molar-refractivity contribution is 5.54. The fourth-order valence-electron chi connectivity index (χ4n) is 6.83. The Balaban J connectivity index is 1.62. The Labute approximate surface area is 72.5 Å². The number of hydrogen-bond donors (Lipinski definition) is 0. The van der Waals surface area contributed by atoms with Crippen molar-refractivity contribution in [2.24, 2.45) is 46.3 Å². The predicted molar refractivity (Wildman–Crippen MR) is 43.4 cm³/mol. The molecule has 0 heterocycles. The van der Waals surface area contributed by atoms with Crippen molar-refractivity contribution in [1.82, 2.24) is 0 Å². The molecule has 64 valence electrons. The summed E-state index contributed by atoms with van der Waals surface area (Å²) >= 11 is 0. The SMILES string of the molecule is COCC12C3C4C1C1C2C3C41C.